The van der Waals surface area contributed by atoms with Crippen LogP contribution >= 0.6 is 12.4 Å². The van der Waals surface area contributed by atoms with Crippen LogP contribution in [-0.2, 0) is 6.42 Å². The van der Waals surface area contributed by atoms with Crippen molar-refractivity contribution in [2.24, 2.45) is 0 Å². The number of rotatable bonds is 8. The predicted octanol–water partition coefficient (Wildman–Crippen LogP) is 5.47. The van der Waals surface area contributed by atoms with Gasteiger partial charge in [0, 0.05) is 29.4 Å². The molecular formula is C24H25ClN4O2. The van der Waals surface area contributed by atoms with Crippen molar-refractivity contribution >= 4 is 46.5 Å². The van der Waals surface area contributed by atoms with Crippen molar-refractivity contribution in [1.82, 2.24) is 9.97 Å². The third-order valence-corrected chi connectivity index (χ3v) is 4.77. The second kappa shape index (κ2) is 10.6. The Hall–Kier alpha value is -3.35. The van der Waals surface area contributed by atoms with Gasteiger partial charge in [0.25, 0.3) is 0 Å². The molecule has 0 bridgehead atoms. The monoisotopic (exact) mass is 436 g/mol. The van der Waals surface area contributed by atoms with E-state index in [1.807, 2.05) is 60.7 Å². The molecule has 0 radical (unpaired) electrons. The number of ether oxygens (including phenoxy) is 1. The molecule has 0 saturated carbocycles. The maximum Gasteiger partial charge on any atom is 0.229 e. The summed E-state index contributed by atoms with van der Waals surface area (Å²) in [6, 6.07) is 23.7. The fourth-order valence-corrected chi connectivity index (χ4v) is 3.23. The molecule has 0 unspecified atom stereocenters. The fraction of sp³-hybridized carbons (Fsp3) is 0.167. The molecule has 0 spiro atoms. The van der Waals surface area contributed by atoms with Crippen LogP contribution < -0.4 is 15.4 Å². The van der Waals surface area contributed by atoms with Crippen molar-refractivity contribution in [2.75, 3.05) is 24.4 Å². The first kappa shape index (κ1) is 22.3. The van der Waals surface area contributed by atoms with Crippen LogP contribution in [0.3, 0.4) is 0 Å². The molecule has 0 atom stereocenters. The molecule has 31 heavy (non-hydrogen) atoms. The lowest BCUT2D eigenvalue weighted by molar-refractivity contribution is 0.288. The molecule has 7 heteroatoms. The predicted molar refractivity (Wildman–Crippen MR) is 128 cm³/mol. The molecule has 0 saturated heterocycles. The van der Waals surface area contributed by atoms with Gasteiger partial charge in [0.2, 0.25) is 5.95 Å². The van der Waals surface area contributed by atoms with Gasteiger partial charge < -0.3 is 20.5 Å². The van der Waals surface area contributed by atoms with Gasteiger partial charge in [-0.15, -0.1) is 12.4 Å². The number of nitrogens with zero attached hydrogens (tertiary/aromatic N) is 2. The van der Waals surface area contributed by atoms with Gasteiger partial charge in [-0.3, -0.25) is 0 Å². The number of para-hydroxylation sites is 1. The van der Waals surface area contributed by atoms with E-state index in [1.165, 1.54) is 5.56 Å². The number of aryl methyl sites for hydroxylation is 1. The van der Waals surface area contributed by atoms with E-state index in [9.17, 15) is 0 Å². The molecule has 4 aromatic rings. The van der Waals surface area contributed by atoms with E-state index >= 15 is 0 Å². The number of nitrogens with one attached hydrogen (secondary N) is 2. The van der Waals surface area contributed by atoms with Crippen molar-refractivity contribution in [1.29, 1.82) is 0 Å². The lowest BCUT2D eigenvalue weighted by Crippen LogP contribution is -2.02. The molecule has 1 heterocycles. The number of methoxy groups -OCH3 is 1. The Balaban J connectivity index is 0.00000272. The Morgan fingerprint density at radius 2 is 1.68 bits per heavy atom. The van der Waals surface area contributed by atoms with Gasteiger partial charge in [-0.25, -0.2) is 4.98 Å². The van der Waals surface area contributed by atoms with Crippen LogP contribution in [-0.4, -0.2) is 28.8 Å². The topological polar surface area (TPSA) is 79.3 Å². The second-order valence-corrected chi connectivity index (χ2v) is 6.92. The number of halogens is 1. The Bertz CT molecular complexity index is 1140. The van der Waals surface area contributed by atoms with E-state index in [0.29, 0.717) is 5.95 Å². The van der Waals surface area contributed by atoms with Crippen molar-refractivity contribution < 1.29 is 9.84 Å². The maximum absolute atomic E-state index is 8.98. The lowest BCUT2D eigenvalue weighted by Gasteiger charge is -2.13. The van der Waals surface area contributed by atoms with Gasteiger partial charge in [0.05, 0.1) is 12.6 Å². The van der Waals surface area contributed by atoms with Crippen molar-refractivity contribution in [3.05, 3.63) is 78.4 Å². The van der Waals surface area contributed by atoms with E-state index in [-0.39, 0.29) is 19.0 Å². The number of benzene rings is 3. The number of hydrogen-bond acceptors (Lipinski definition) is 6. The summed E-state index contributed by atoms with van der Waals surface area (Å²) in [6.45, 7) is 0.202. The highest BCUT2D eigenvalue weighted by atomic mass is 35.5. The molecule has 0 amide bonds. The highest BCUT2D eigenvalue weighted by molar-refractivity contribution is 5.92. The minimum Gasteiger partial charge on any atom is -0.497 e. The Morgan fingerprint density at radius 3 is 2.45 bits per heavy atom. The van der Waals surface area contributed by atoms with Crippen LogP contribution in [0.1, 0.15) is 12.0 Å². The zero-order chi connectivity index (χ0) is 20.8. The van der Waals surface area contributed by atoms with Crippen LogP contribution in [0.4, 0.5) is 23.1 Å². The molecular weight excluding hydrogens is 412 g/mol. The summed E-state index contributed by atoms with van der Waals surface area (Å²) in [6.07, 6.45) is 1.62. The second-order valence-electron chi connectivity index (χ2n) is 6.92. The van der Waals surface area contributed by atoms with Crippen LogP contribution in [0.2, 0.25) is 0 Å². The number of aliphatic hydroxyl groups is 1. The average molecular weight is 437 g/mol. The summed E-state index contributed by atoms with van der Waals surface area (Å²) in [5.41, 5.74) is 3.83. The van der Waals surface area contributed by atoms with Crippen molar-refractivity contribution in [2.45, 2.75) is 12.8 Å². The average Bonchev–Trinajstić information content (AvgIpc) is 2.79. The summed E-state index contributed by atoms with van der Waals surface area (Å²) in [4.78, 5) is 9.37. The first-order chi connectivity index (χ1) is 14.7. The van der Waals surface area contributed by atoms with E-state index in [2.05, 4.69) is 27.8 Å². The SMILES string of the molecule is COc1cccc(Nc2nc(Nc3ccc(CCCO)cc3)nc3ccccc23)c1.Cl. The molecule has 160 valence electrons. The molecule has 4 rings (SSSR count). The standard InChI is InChI=1S/C24H24N4O2.ClH/c1-30-20-8-4-7-19(16-20)25-23-21-9-2-3-10-22(21)27-24(28-23)26-18-13-11-17(12-14-18)6-5-15-29;/h2-4,7-14,16,29H,5-6,15H2,1H3,(H2,25,26,27,28);1H. The van der Waals surface area contributed by atoms with Crippen LogP contribution in [0, 0.1) is 0 Å². The van der Waals surface area contributed by atoms with Crippen LogP contribution in [0.25, 0.3) is 10.9 Å². The van der Waals surface area contributed by atoms with Crippen LogP contribution in [0.15, 0.2) is 72.8 Å². The molecule has 1 aromatic heterocycles. The fourth-order valence-electron chi connectivity index (χ4n) is 3.23. The summed E-state index contributed by atoms with van der Waals surface area (Å²) in [5, 5.41) is 16.6. The molecule has 6 nitrogen and oxygen atoms in total. The van der Waals surface area contributed by atoms with E-state index < -0.39 is 0 Å². The van der Waals surface area contributed by atoms with E-state index in [0.717, 1.165) is 46.7 Å². The number of aromatic nitrogens is 2. The lowest BCUT2D eigenvalue weighted by atomic mass is 10.1. The van der Waals surface area contributed by atoms with Crippen LogP contribution in [0.5, 0.6) is 5.75 Å². The smallest absolute Gasteiger partial charge is 0.229 e. The Kier molecular flexibility index (Phi) is 7.65. The highest BCUT2D eigenvalue weighted by Crippen LogP contribution is 2.27. The number of aliphatic hydroxyl groups excluding tert-OH is 1. The van der Waals surface area contributed by atoms with E-state index in [1.54, 1.807) is 7.11 Å². The quantitative estimate of drug-likeness (QED) is 0.340. The summed E-state index contributed by atoms with van der Waals surface area (Å²) < 4.78 is 5.32. The van der Waals surface area contributed by atoms with Crippen molar-refractivity contribution in [3.8, 4) is 5.75 Å². The van der Waals surface area contributed by atoms with Gasteiger partial charge >= 0.3 is 0 Å². The summed E-state index contributed by atoms with van der Waals surface area (Å²) >= 11 is 0. The molecule has 0 aliphatic heterocycles. The first-order valence-electron chi connectivity index (χ1n) is 9.90. The zero-order valence-corrected chi connectivity index (χ0v) is 18.0. The van der Waals surface area contributed by atoms with Crippen molar-refractivity contribution in [3.63, 3.8) is 0 Å². The normalized spacial score (nSPS) is 10.4. The Morgan fingerprint density at radius 1 is 0.871 bits per heavy atom. The van der Waals surface area contributed by atoms with Gasteiger partial charge in [-0.2, -0.15) is 4.98 Å². The molecule has 3 aromatic carbocycles. The third kappa shape index (κ3) is 5.63. The first-order valence-corrected chi connectivity index (χ1v) is 9.90. The Labute approximate surface area is 187 Å². The number of anilines is 4. The minimum absolute atomic E-state index is 0. The molecule has 0 aliphatic rings. The third-order valence-electron chi connectivity index (χ3n) is 4.77. The minimum atomic E-state index is 0. The maximum atomic E-state index is 8.98. The zero-order valence-electron chi connectivity index (χ0n) is 17.2. The van der Waals surface area contributed by atoms with Gasteiger partial charge in [0.15, 0.2) is 0 Å². The van der Waals surface area contributed by atoms with Gasteiger partial charge in [-0.05, 0) is 54.8 Å². The molecule has 3 N–H and O–H groups in total. The number of fused-ring (bicyclic) bond motifs is 1. The van der Waals surface area contributed by atoms with Gasteiger partial charge in [0.1, 0.15) is 11.6 Å². The largest absolute Gasteiger partial charge is 0.497 e. The summed E-state index contributed by atoms with van der Waals surface area (Å²) in [5.74, 6) is 2.01. The highest BCUT2D eigenvalue weighted by Gasteiger charge is 2.09. The molecule has 0 aliphatic carbocycles. The number of hydrogen-bond donors (Lipinski definition) is 3. The summed E-state index contributed by atoms with van der Waals surface area (Å²) in [7, 11) is 1.65. The van der Waals surface area contributed by atoms with E-state index in [4.69, 9.17) is 14.8 Å². The molecule has 0 fully saturated rings. The van der Waals surface area contributed by atoms with Gasteiger partial charge in [-0.1, -0.05) is 30.3 Å².